The van der Waals surface area contributed by atoms with Crippen LogP contribution in [0.3, 0.4) is 0 Å². The van der Waals surface area contributed by atoms with E-state index in [-0.39, 0.29) is 11.7 Å². The molecule has 0 radical (unpaired) electrons. The highest BCUT2D eigenvalue weighted by atomic mass is 32.2. The van der Waals surface area contributed by atoms with E-state index >= 15 is 0 Å². The normalized spacial score (nSPS) is 10.7. The molecule has 0 fully saturated rings. The SMILES string of the molecule is COc1ccc(CCN(C)c2cc(C)nc(SCc3ccc(C(=O)NCc4ccccn4)o3)n2)cc1OC. The number of methoxy groups -OCH3 is 2. The second-order valence-corrected chi connectivity index (χ2v) is 9.51. The number of likely N-dealkylation sites (N-methyl/N-ethyl adjacent to an activating group) is 1. The molecule has 1 aromatic carbocycles. The fraction of sp³-hybridized carbons (Fsp3) is 0.286. The highest BCUT2D eigenvalue weighted by Gasteiger charge is 2.13. The molecular weight excluding hydrogens is 502 g/mol. The first-order chi connectivity index (χ1) is 18.4. The molecule has 0 unspecified atom stereocenters. The van der Waals surface area contributed by atoms with Crippen LogP contribution in [0.2, 0.25) is 0 Å². The summed E-state index contributed by atoms with van der Waals surface area (Å²) in [6.45, 7) is 3.06. The smallest absolute Gasteiger partial charge is 0.287 e. The summed E-state index contributed by atoms with van der Waals surface area (Å²) in [5.74, 6) is 3.43. The second-order valence-electron chi connectivity index (χ2n) is 8.57. The van der Waals surface area contributed by atoms with Crippen molar-refractivity contribution in [2.75, 3.05) is 32.7 Å². The molecule has 0 spiro atoms. The number of aryl methyl sites for hydroxylation is 1. The lowest BCUT2D eigenvalue weighted by Gasteiger charge is -2.19. The van der Waals surface area contributed by atoms with Gasteiger partial charge in [-0.15, -0.1) is 0 Å². The van der Waals surface area contributed by atoms with Crippen molar-refractivity contribution in [1.29, 1.82) is 0 Å². The first-order valence-corrected chi connectivity index (χ1v) is 13.1. The Kier molecular flexibility index (Phi) is 9.21. The van der Waals surface area contributed by atoms with Crippen molar-refractivity contribution in [2.45, 2.75) is 30.8 Å². The van der Waals surface area contributed by atoms with Gasteiger partial charge in [-0.2, -0.15) is 0 Å². The average Bonchev–Trinajstić information content (AvgIpc) is 3.43. The van der Waals surface area contributed by atoms with Crippen molar-refractivity contribution in [3.8, 4) is 11.5 Å². The number of thioether (sulfide) groups is 1. The topological polar surface area (TPSA) is 103 Å². The van der Waals surface area contributed by atoms with Gasteiger partial charge in [0, 0.05) is 31.5 Å². The minimum absolute atomic E-state index is 0.261. The minimum atomic E-state index is -0.280. The number of nitrogens with zero attached hydrogens (tertiary/aromatic N) is 4. The van der Waals surface area contributed by atoms with E-state index in [4.69, 9.17) is 18.9 Å². The largest absolute Gasteiger partial charge is 0.493 e. The quantitative estimate of drug-likeness (QED) is 0.205. The Bertz CT molecular complexity index is 1360. The maximum atomic E-state index is 12.4. The third-order valence-corrected chi connectivity index (χ3v) is 6.65. The monoisotopic (exact) mass is 533 g/mol. The fourth-order valence-corrected chi connectivity index (χ4v) is 4.50. The van der Waals surface area contributed by atoms with Gasteiger partial charge >= 0.3 is 0 Å². The van der Waals surface area contributed by atoms with Crippen molar-refractivity contribution < 1.29 is 18.7 Å². The molecule has 0 aliphatic rings. The molecule has 0 bridgehead atoms. The number of nitrogens with one attached hydrogen (secondary N) is 1. The Hall–Kier alpha value is -4.05. The van der Waals surface area contributed by atoms with Crippen LogP contribution in [0.25, 0.3) is 0 Å². The van der Waals surface area contributed by atoms with Crippen LogP contribution >= 0.6 is 11.8 Å². The summed E-state index contributed by atoms with van der Waals surface area (Å²) in [5.41, 5.74) is 2.81. The Morgan fingerprint density at radius 2 is 1.89 bits per heavy atom. The first kappa shape index (κ1) is 27.0. The zero-order valence-corrected chi connectivity index (χ0v) is 22.7. The van der Waals surface area contributed by atoms with Gasteiger partial charge in [0.1, 0.15) is 11.6 Å². The predicted molar refractivity (Wildman–Crippen MR) is 147 cm³/mol. The van der Waals surface area contributed by atoms with Crippen LogP contribution in [0.4, 0.5) is 5.82 Å². The van der Waals surface area contributed by atoms with Crippen molar-refractivity contribution >= 4 is 23.5 Å². The van der Waals surface area contributed by atoms with Crippen LogP contribution in [0.15, 0.2) is 70.4 Å². The van der Waals surface area contributed by atoms with Crippen LogP contribution in [-0.4, -0.2) is 48.7 Å². The van der Waals surface area contributed by atoms with Gasteiger partial charge in [-0.1, -0.05) is 23.9 Å². The number of rotatable bonds is 12. The molecule has 0 atom stereocenters. The minimum Gasteiger partial charge on any atom is -0.493 e. The number of benzene rings is 1. The Morgan fingerprint density at radius 1 is 1.05 bits per heavy atom. The number of hydrogen-bond acceptors (Lipinski definition) is 9. The number of carbonyl (C=O) groups is 1. The van der Waals surface area contributed by atoms with E-state index in [1.165, 1.54) is 11.8 Å². The van der Waals surface area contributed by atoms with Gasteiger partial charge in [-0.25, -0.2) is 9.97 Å². The van der Waals surface area contributed by atoms with Crippen LogP contribution in [-0.2, 0) is 18.7 Å². The van der Waals surface area contributed by atoms with Gasteiger partial charge in [0.2, 0.25) is 0 Å². The Balaban J connectivity index is 1.32. The third-order valence-electron chi connectivity index (χ3n) is 5.78. The van der Waals surface area contributed by atoms with Crippen molar-refractivity contribution in [1.82, 2.24) is 20.3 Å². The van der Waals surface area contributed by atoms with Gasteiger partial charge in [-0.05, 0) is 55.3 Å². The van der Waals surface area contributed by atoms with Crippen molar-refractivity contribution in [3.63, 3.8) is 0 Å². The van der Waals surface area contributed by atoms with E-state index in [9.17, 15) is 4.79 Å². The lowest BCUT2D eigenvalue weighted by atomic mass is 10.1. The molecule has 0 saturated heterocycles. The van der Waals surface area contributed by atoms with Gasteiger partial charge in [0.25, 0.3) is 5.91 Å². The van der Waals surface area contributed by atoms with Gasteiger partial charge in [-0.3, -0.25) is 9.78 Å². The van der Waals surface area contributed by atoms with Crippen LogP contribution < -0.4 is 19.7 Å². The predicted octanol–water partition coefficient (Wildman–Crippen LogP) is 4.69. The summed E-state index contributed by atoms with van der Waals surface area (Å²) < 4.78 is 16.5. The number of hydrogen-bond donors (Lipinski definition) is 1. The van der Waals surface area contributed by atoms with Crippen molar-refractivity contribution in [2.24, 2.45) is 0 Å². The summed E-state index contributed by atoms with van der Waals surface area (Å²) in [5, 5.41) is 3.47. The van der Waals surface area contributed by atoms with E-state index < -0.39 is 0 Å². The number of furan rings is 1. The highest BCUT2D eigenvalue weighted by molar-refractivity contribution is 7.98. The molecule has 3 heterocycles. The summed E-state index contributed by atoms with van der Waals surface area (Å²) in [6.07, 6.45) is 2.51. The van der Waals surface area contributed by atoms with Gasteiger partial charge in [0.05, 0.1) is 32.2 Å². The van der Waals surface area contributed by atoms with E-state index in [2.05, 4.69) is 20.2 Å². The Labute approximate surface area is 226 Å². The molecular formula is C28H31N5O4S. The first-order valence-electron chi connectivity index (χ1n) is 12.1. The standard InChI is InChI=1S/C28H31N5O4S/c1-19-15-26(33(2)14-12-20-8-10-23(35-3)25(16-20)36-4)32-28(31-19)38-18-22-9-11-24(37-22)27(34)30-17-21-7-5-6-13-29-21/h5-11,13,15-16H,12,14,17-18H2,1-4H3,(H,30,34). The molecule has 0 saturated carbocycles. The summed E-state index contributed by atoms with van der Waals surface area (Å²) >= 11 is 1.46. The number of pyridine rings is 1. The Morgan fingerprint density at radius 3 is 2.66 bits per heavy atom. The molecule has 0 aliphatic carbocycles. The molecule has 10 heteroatoms. The molecule has 1 N–H and O–H groups in total. The highest BCUT2D eigenvalue weighted by Crippen LogP contribution is 2.28. The van der Waals surface area contributed by atoms with E-state index in [0.717, 1.165) is 41.5 Å². The van der Waals surface area contributed by atoms with Crippen LogP contribution in [0, 0.1) is 6.92 Å². The third kappa shape index (κ3) is 7.25. The van der Waals surface area contributed by atoms with E-state index in [0.29, 0.717) is 29.0 Å². The van der Waals surface area contributed by atoms with Gasteiger partial charge < -0.3 is 24.1 Å². The molecule has 0 aliphatic heterocycles. The average molecular weight is 534 g/mol. The second kappa shape index (κ2) is 13.0. The van der Waals surface area contributed by atoms with Crippen LogP contribution in [0.1, 0.15) is 33.3 Å². The fourth-order valence-electron chi connectivity index (χ4n) is 3.71. The number of amides is 1. The van der Waals surface area contributed by atoms with Crippen molar-refractivity contribution in [3.05, 3.63) is 89.3 Å². The maximum Gasteiger partial charge on any atom is 0.287 e. The lowest BCUT2D eigenvalue weighted by molar-refractivity contribution is 0.0921. The molecule has 9 nitrogen and oxygen atoms in total. The van der Waals surface area contributed by atoms with Crippen LogP contribution in [0.5, 0.6) is 11.5 Å². The number of aromatic nitrogens is 3. The van der Waals surface area contributed by atoms with E-state index in [1.807, 2.05) is 56.4 Å². The number of ether oxygens (including phenoxy) is 2. The lowest BCUT2D eigenvalue weighted by Crippen LogP contribution is -2.22. The number of carbonyl (C=O) groups excluding carboxylic acids is 1. The molecule has 38 heavy (non-hydrogen) atoms. The number of anilines is 1. The summed E-state index contributed by atoms with van der Waals surface area (Å²) in [4.78, 5) is 28.0. The zero-order valence-electron chi connectivity index (χ0n) is 21.9. The molecule has 198 valence electrons. The maximum absolute atomic E-state index is 12.4. The molecule has 4 aromatic rings. The summed E-state index contributed by atoms with van der Waals surface area (Å²) in [6, 6.07) is 17.0. The molecule has 4 rings (SSSR count). The molecule has 1 amide bonds. The van der Waals surface area contributed by atoms with Gasteiger partial charge in [0.15, 0.2) is 22.4 Å². The molecule has 3 aromatic heterocycles. The van der Waals surface area contributed by atoms with E-state index in [1.54, 1.807) is 32.5 Å². The summed E-state index contributed by atoms with van der Waals surface area (Å²) in [7, 11) is 5.28. The zero-order chi connectivity index (χ0) is 26.9.